The van der Waals surface area contributed by atoms with Crippen molar-refractivity contribution < 1.29 is 4.74 Å². The van der Waals surface area contributed by atoms with Crippen LogP contribution in [0, 0.1) is 52.1 Å². The van der Waals surface area contributed by atoms with E-state index >= 15 is 0 Å². The Labute approximate surface area is 195 Å². The van der Waals surface area contributed by atoms with Gasteiger partial charge < -0.3 is 14.5 Å². The highest BCUT2D eigenvalue weighted by Crippen LogP contribution is 2.41. The molecule has 2 aliphatic rings. The number of ether oxygens (including phenoxy) is 1. The Balaban J connectivity index is 1.50. The molecule has 0 unspecified atom stereocenters. The van der Waals surface area contributed by atoms with Gasteiger partial charge in [0.25, 0.3) is 0 Å². The van der Waals surface area contributed by atoms with Crippen molar-refractivity contribution >= 4 is 11.4 Å². The number of aryl methyl sites for hydroxylation is 2. The van der Waals surface area contributed by atoms with E-state index in [0.29, 0.717) is 18.8 Å². The molecule has 2 aromatic carbocycles. The van der Waals surface area contributed by atoms with E-state index < -0.39 is 0 Å². The summed E-state index contributed by atoms with van der Waals surface area (Å²) >= 11 is 0. The van der Waals surface area contributed by atoms with E-state index in [-0.39, 0.29) is 0 Å². The van der Waals surface area contributed by atoms with Crippen LogP contribution in [0.5, 0.6) is 0 Å². The van der Waals surface area contributed by atoms with Crippen LogP contribution in [-0.4, -0.2) is 12.8 Å². The molecule has 3 atom stereocenters. The number of anilines is 2. The Bertz CT molecular complexity index is 924. The van der Waals surface area contributed by atoms with Gasteiger partial charge in [-0.1, -0.05) is 39.0 Å². The number of fused-ring (bicyclic) bond motifs is 1. The molecular formula is C29H40N2O. The predicted octanol–water partition coefficient (Wildman–Crippen LogP) is 7.18. The predicted molar refractivity (Wildman–Crippen MR) is 135 cm³/mol. The van der Waals surface area contributed by atoms with Gasteiger partial charge in [-0.2, -0.15) is 0 Å². The van der Waals surface area contributed by atoms with Crippen molar-refractivity contribution in [1.29, 1.82) is 0 Å². The summed E-state index contributed by atoms with van der Waals surface area (Å²) in [7, 11) is 0. The maximum Gasteiger partial charge on any atom is 0.211 e. The van der Waals surface area contributed by atoms with Gasteiger partial charge in [0.15, 0.2) is 0 Å². The molecule has 2 radical (unpaired) electrons. The van der Waals surface area contributed by atoms with Gasteiger partial charge in [-0.05, 0) is 105 Å². The minimum absolute atomic E-state index is 0.336. The van der Waals surface area contributed by atoms with Gasteiger partial charge in [-0.3, -0.25) is 0 Å². The van der Waals surface area contributed by atoms with Crippen LogP contribution < -0.4 is 9.80 Å². The standard InChI is InChI=1S/C29H40N2O/c1-19(2)25-13-12-20(3)29(15-25)32-18-31-17-30(27-10-8-9-11-28(27)31)16-26-23(6)21(4)14-22(5)24(26)7/h8-11,14,19-20,25,29H,12-13,15-16,18H2,1-7H3/t20-,25+,29-/m0/s1. The van der Waals surface area contributed by atoms with Crippen LogP contribution in [0.3, 0.4) is 0 Å². The van der Waals surface area contributed by atoms with Crippen LogP contribution in [-0.2, 0) is 11.3 Å². The first kappa shape index (κ1) is 23.2. The van der Waals surface area contributed by atoms with E-state index in [1.807, 2.05) is 0 Å². The Morgan fingerprint density at radius 3 is 2.22 bits per heavy atom. The molecule has 0 amide bonds. The number of hydrogen-bond donors (Lipinski definition) is 0. The molecule has 3 heteroatoms. The second-order valence-corrected chi connectivity index (χ2v) is 10.5. The second kappa shape index (κ2) is 9.47. The highest BCUT2D eigenvalue weighted by atomic mass is 16.5. The molecule has 32 heavy (non-hydrogen) atoms. The molecular weight excluding hydrogens is 392 g/mol. The summed E-state index contributed by atoms with van der Waals surface area (Å²) in [5, 5.41) is 0. The fourth-order valence-corrected chi connectivity index (χ4v) is 5.41. The van der Waals surface area contributed by atoms with E-state index in [0.717, 1.165) is 18.4 Å². The van der Waals surface area contributed by atoms with Gasteiger partial charge in [-0.15, -0.1) is 0 Å². The minimum Gasteiger partial charge on any atom is -0.358 e. The van der Waals surface area contributed by atoms with Crippen molar-refractivity contribution in [3.05, 3.63) is 64.8 Å². The van der Waals surface area contributed by atoms with Crippen molar-refractivity contribution in [2.75, 3.05) is 16.5 Å². The fourth-order valence-electron chi connectivity index (χ4n) is 5.41. The summed E-state index contributed by atoms with van der Waals surface area (Å²) in [6.07, 6.45) is 4.13. The summed E-state index contributed by atoms with van der Waals surface area (Å²) in [5.41, 5.74) is 9.31. The summed E-state index contributed by atoms with van der Waals surface area (Å²) in [6.45, 7) is 21.0. The molecule has 0 aromatic heterocycles. The number of hydrogen-bond acceptors (Lipinski definition) is 3. The Morgan fingerprint density at radius 1 is 0.969 bits per heavy atom. The molecule has 1 fully saturated rings. The van der Waals surface area contributed by atoms with Gasteiger partial charge in [0.05, 0.1) is 17.5 Å². The van der Waals surface area contributed by atoms with Crippen molar-refractivity contribution in [2.24, 2.45) is 17.8 Å². The molecule has 4 rings (SSSR count). The smallest absolute Gasteiger partial charge is 0.211 e. The maximum absolute atomic E-state index is 6.54. The van der Waals surface area contributed by atoms with Gasteiger partial charge in [-0.25, -0.2) is 0 Å². The van der Waals surface area contributed by atoms with Crippen LogP contribution in [0.2, 0.25) is 0 Å². The summed E-state index contributed by atoms with van der Waals surface area (Å²) in [5.74, 6) is 2.14. The van der Waals surface area contributed by atoms with Crippen molar-refractivity contribution in [3.63, 3.8) is 0 Å². The normalized spacial score (nSPS) is 23.2. The number of nitrogens with zero attached hydrogens (tertiary/aromatic N) is 2. The SMILES string of the molecule is Cc1cc(C)c(C)c(CN2[C]N(CO[C@H]3C[C@H](C(C)C)CC[C@@H]3C)c3ccccc32)c1C. The van der Waals surface area contributed by atoms with Gasteiger partial charge >= 0.3 is 0 Å². The highest BCUT2D eigenvalue weighted by molar-refractivity contribution is 5.78. The number of rotatable bonds is 6. The van der Waals surface area contributed by atoms with Gasteiger partial charge in [0, 0.05) is 6.54 Å². The van der Waals surface area contributed by atoms with Crippen molar-refractivity contribution in [1.82, 2.24) is 0 Å². The van der Waals surface area contributed by atoms with Crippen molar-refractivity contribution in [3.8, 4) is 0 Å². The van der Waals surface area contributed by atoms with Crippen LogP contribution in [0.4, 0.5) is 11.4 Å². The van der Waals surface area contributed by atoms with Crippen LogP contribution in [0.15, 0.2) is 30.3 Å². The van der Waals surface area contributed by atoms with Crippen molar-refractivity contribution in [2.45, 2.75) is 80.4 Å². The molecule has 1 aliphatic carbocycles. The lowest BCUT2D eigenvalue weighted by Gasteiger charge is -2.37. The summed E-state index contributed by atoms with van der Waals surface area (Å²) in [4.78, 5) is 4.45. The van der Waals surface area contributed by atoms with Crippen LogP contribution in [0.25, 0.3) is 0 Å². The second-order valence-electron chi connectivity index (χ2n) is 10.5. The zero-order chi connectivity index (χ0) is 23.0. The topological polar surface area (TPSA) is 15.7 Å². The zero-order valence-electron chi connectivity index (χ0n) is 21.0. The summed E-state index contributed by atoms with van der Waals surface area (Å²) in [6, 6.07) is 10.9. The van der Waals surface area contributed by atoms with Crippen LogP contribution >= 0.6 is 0 Å². The van der Waals surface area contributed by atoms with E-state index in [1.165, 1.54) is 58.5 Å². The first-order valence-electron chi connectivity index (χ1n) is 12.3. The third-order valence-electron chi connectivity index (χ3n) is 8.07. The largest absolute Gasteiger partial charge is 0.358 e. The Morgan fingerprint density at radius 2 is 1.59 bits per heavy atom. The molecule has 0 N–H and O–H groups in total. The van der Waals surface area contributed by atoms with E-state index in [9.17, 15) is 0 Å². The molecule has 1 heterocycles. The zero-order valence-corrected chi connectivity index (χ0v) is 21.0. The van der Waals surface area contributed by atoms with E-state index in [2.05, 4.69) is 95.3 Å². The monoisotopic (exact) mass is 432 g/mol. The first-order valence-corrected chi connectivity index (χ1v) is 12.3. The average Bonchev–Trinajstić information content (AvgIpc) is 3.12. The van der Waals surface area contributed by atoms with E-state index in [1.54, 1.807) is 0 Å². The summed E-state index contributed by atoms with van der Waals surface area (Å²) < 4.78 is 6.54. The Hall–Kier alpha value is -2.00. The average molecular weight is 433 g/mol. The molecule has 172 valence electrons. The molecule has 0 spiro atoms. The lowest BCUT2D eigenvalue weighted by Crippen LogP contribution is -2.36. The fraction of sp³-hybridized carbons (Fsp3) is 0.552. The maximum atomic E-state index is 6.54. The van der Waals surface area contributed by atoms with Gasteiger partial charge in [0.1, 0.15) is 6.73 Å². The molecule has 1 saturated carbocycles. The van der Waals surface area contributed by atoms with Gasteiger partial charge in [0.2, 0.25) is 6.67 Å². The highest BCUT2D eigenvalue weighted by Gasteiger charge is 2.33. The first-order chi connectivity index (χ1) is 15.3. The molecule has 3 nitrogen and oxygen atoms in total. The Kier molecular flexibility index (Phi) is 6.86. The number of benzene rings is 2. The lowest BCUT2D eigenvalue weighted by molar-refractivity contribution is -0.0250. The number of para-hydroxylation sites is 2. The third kappa shape index (κ3) is 4.55. The van der Waals surface area contributed by atoms with Crippen LogP contribution in [0.1, 0.15) is 67.9 Å². The lowest BCUT2D eigenvalue weighted by atomic mass is 9.76. The molecule has 0 bridgehead atoms. The molecule has 0 saturated heterocycles. The molecule has 2 aromatic rings. The molecule has 1 aliphatic heterocycles. The third-order valence-corrected chi connectivity index (χ3v) is 8.07. The quantitative estimate of drug-likeness (QED) is 0.481. The van der Waals surface area contributed by atoms with E-state index in [4.69, 9.17) is 4.74 Å². The minimum atomic E-state index is 0.336.